The average Bonchev–Trinajstić information content (AvgIpc) is 2.81. The lowest BCUT2D eigenvalue weighted by atomic mass is 9.93. The van der Waals surface area contributed by atoms with Gasteiger partial charge in [-0.1, -0.05) is 29.8 Å². The molecule has 0 spiro atoms. The van der Waals surface area contributed by atoms with Gasteiger partial charge in [0.2, 0.25) is 0 Å². The molecule has 2 heterocycles. The lowest BCUT2D eigenvalue weighted by Gasteiger charge is -2.32. The molecule has 3 nitrogen and oxygen atoms in total. The summed E-state index contributed by atoms with van der Waals surface area (Å²) in [6.45, 7) is 8.76. The van der Waals surface area contributed by atoms with Gasteiger partial charge in [0.15, 0.2) is 0 Å². The zero-order valence-corrected chi connectivity index (χ0v) is 13.5. The number of hydrogen-bond donors (Lipinski definition) is 1. The van der Waals surface area contributed by atoms with Crippen LogP contribution in [0.25, 0.3) is 0 Å². The molecular weight excluding hydrogens is 270 g/mol. The van der Waals surface area contributed by atoms with Crippen molar-refractivity contribution in [1.29, 1.82) is 0 Å². The fourth-order valence-corrected chi connectivity index (χ4v) is 3.30. The average molecular weight is 295 g/mol. The Labute approximate surface area is 133 Å². The minimum atomic E-state index is 0.300. The second-order valence-electron chi connectivity index (χ2n) is 6.19. The van der Waals surface area contributed by atoms with E-state index in [1.54, 1.807) is 0 Å². The highest BCUT2D eigenvalue weighted by atomic mass is 15.2. The lowest BCUT2D eigenvalue weighted by molar-refractivity contribution is 0.240. The minimum Gasteiger partial charge on any atom is -0.315 e. The molecule has 1 fully saturated rings. The van der Waals surface area contributed by atoms with Crippen molar-refractivity contribution in [3.63, 3.8) is 0 Å². The fourth-order valence-electron chi connectivity index (χ4n) is 3.30. The summed E-state index contributed by atoms with van der Waals surface area (Å²) >= 11 is 0. The molecule has 0 radical (unpaired) electrons. The summed E-state index contributed by atoms with van der Waals surface area (Å²) in [6, 6.07) is 11.3. The Bertz CT molecular complexity index is 601. The van der Waals surface area contributed by atoms with Crippen molar-refractivity contribution in [1.82, 2.24) is 15.2 Å². The van der Waals surface area contributed by atoms with Crippen LogP contribution < -0.4 is 5.32 Å². The summed E-state index contributed by atoms with van der Waals surface area (Å²) in [7, 11) is 0. The molecule has 1 saturated heterocycles. The Kier molecular flexibility index (Phi) is 4.86. The first-order valence-corrected chi connectivity index (χ1v) is 8.17. The van der Waals surface area contributed by atoms with E-state index in [1.165, 1.54) is 28.7 Å². The number of pyridine rings is 1. The molecule has 1 aliphatic heterocycles. The van der Waals surface area contributed by atoms with Gasteiger partial charge in [-0.05, 0) is 49.6 Å². The van der Waals surface area contributed by atoms with Crippen LogP contribution in [0.15, 0.2) is 42.7 Å². The molecule has 0 aliphatic carbocycles. The molecule has 1 aliphatic rings. The van der Waals surface area contributed by atoms with Gasteiger partial charge in [-0.2, -0.15) is 0 Å². The zero-order valence-electron chi connectivity index (χ0n) is 13.5. The highest BCUT2D eigenvalue weighted by molar-refractivity contribution is 5.38. The van der Waals surface area contributed by atoms with Gasteiger partial charge >= 0.3 is 0 Å². The van der Waals surface area contributed by atoms with E-state index in [-0.39, 0.29) is 0 Å². The van der Waals surface area contributed by atoms with E-state index >= 15 is 0 Å². The molecule has 1 aromatic heterocycles. The first-order valence-electron chi connectivity index (χ1n) is 8.17. The first-order chi connectivity index (χ1) is 10.8. The van der Waals surface area contributed by atoms with E-state index in [2.05, 4.69) is 53.3 Å². The number of rotatable bonds is 3. The maximum atomic E-state index is 4.36. The van der Waals surface area contributed by atoms with Gasteiger partial charge in [-0.3, -0.25) is 9.88 Å². The first kappa shape index (κ1) is 15.2. The standard InChI is InChI=1S/C19H25N3/c1-15-6-7-16(2)18(13-15)19(17-5-3-8-21-14-17)22-11-4-9-20-10-12-22/h3,5-8,13-14,19-20H,4,9-12H2,1-2H3. The van der Waals surface area contributed by atoms with Crippen LogP contribution in [0.2, 0.25) is 0 Å². The molecule has 3 rings (SSSR count). The second kappa shape index (κ2) is 7.03. The lowest BCUT2D eigenvalue weighted by Crippen LogP contribution is -2.33. The number of aromatic nitrogens is 1. The largest absolute Gasteiger partial charge is 0.315 e. The third kappa shape index (κ3) is 3.37. The molecule has 0 saturated carbocycles. The maximum Gasteiger partial charge on any atom is 0.0620 e. The van der Waals surface area contributed by atoms with Crippen LogP contribution in [-0.4, -0.2) is 36.1 Å². The van der Waals surface area contributed by atoms with Crippen LogP contribution in [0.3, 0.4) is 0 Å². The van der Waals surface area contributed by atoms with Gasteiger partial charge in [0.05, 0.1) is 6.04 Å². The van der Waals surface area contributed by atoms with Crippen LogP contribution in [0.1, 0.15) is 34.7 Å². The molecule has 22 heavy (non-hydrogen) atoms. The molecule has 1 atom stereocenters. The van der Waals surface area contributed by atoms with Gasteiger partial charge in [-0.15, -0.1) is 0 Å². The van der Waals surface area contributed by atoms with Crippen molar-refractivity contribution in [2.45, 2.75) is 26.3 Å². The summed E-state index contributed by atoms with van der Waals surface area (Å²) in [5.41, 5.74) is 5.38. The van der Waals surface area contributed by atoms with E-state index < -0.39 is 0 Å². The summed E-state index contributed by atoms with van der Waals surface area (Å²) in [4.78, 5) is 6.96. The van der Waals surface area contributed by atoms with Gasteiger partial charge in [-0.25, -0.2) is 0 Å². The highest BCUT2D eigenvalue weighted by Crippen LogP contribution is 2.31. The second-order valence-corrected chi connectivity index (χ2v) is 6.19. The fraction of sp³-hybridized carbons (Fsp3) is 0.421. The number of aryl methyl sites for hydroxylation is 2. The van der Waals surface area contributed by atoms with Crippen LogP contribution >= 0.6 is 0 Å². The van der Waals surface area contributed by atoms with Gasteiger partial charge in [0.1, 0.15) is 0 Å². The van der Waals surface area contributed by atoms with Gasteiger partial charge in [0, 0.05) is 32.0 Å². The molecule has 0 amide bonds. The van der Waals surface area contributed by atoms with E-state index in [9.17, 15) is 0 Å². The van der Waals surface area contributed by atoms with Crippen molar-refractivity contribution in [2.75, 3.05) is 26.2 Å². The van der Waals surface area contributed by atoms with Gasteiger partial charge < -0.3 is 5.32 Å². The van der Waals surface area contributed by atoms with E-state index in [0.717, 1.165) is 26.2 Å². The van der Waals surface area contributed by atoms with Gasteiger partial charge in [0.25, 0.3) is 0 Å². The third-order valence-electron chi connectivity index (χ3n) is 4.47. The van der Waals surface area contributed by atoms with Crippen molar-refractivity contribution >= 4 is 0 Å². The van der Waals surface area contributed by atoms with Crippen LogP contribution in [0.4, 0.5) is 0 Å². The van der Waals surface area contributed by atoms with E-state index in [4.69, 9.17) is 0 Å². The predicted molar refractivity (Wildman–Crippen MR) is 91.1 cm³/mol. The number of nitrogens with one attached hydrogen (secondary N) is 1. The number of hydrogen-bond acceptors (Lipinski definition) is 3. The zero-order chi connectivity index (χ0) is 15.4. The summed E-state index contributed by atoms with van der Waals surface area (Å²) in [6.07, 6.45) is 5.07. The molecule has 1 unspecified atom stereocenters. The Balaban J connectivity index is 2.04. The van der Waals surface area contributed by atoms with Crippen molar-refractivity contribution in [3.05, 3.63) is 65.0 Å². The Morgan fingerprint density at radius 1 is 1.14 bits per heavy atom. The molecule has 2 aromatic rings. The molecule has 1 N–H and O–H groups in total. The van der Waals surface area contributed by atoms with Crippen molar-refractivity contribution < 1.29 is 0 Å². The Hall–Kier alpha value is -1.71. The monoisotopic (exact) mass is 295 g/mol. The summed E-state index contributed by atoms with van der Waals surface area (Å²) < 4.78 is 0. The molecular formula is C19H25N3. The quantitative estimate of drug-likeness (QED) is 0.943. The third-order valence-corrected chi connectivity index (χ3v) is 4.47. The Morgan fingerprint density at radius 2 is 2.05 bits per heavy atom. The smallest absolute Gasteiger partial charge is 0.0620 e. The molecule has 3 heteroatoms. The predicted octanol–water partition coefficient (Wildman–Crippen LogP) is 3.08. The van der Waals surface area contributed by atoms with Crippen molar-refractivity contribution in [2.24, 2.45) is 0 Å². The summed E-state index contributed by atoms with van der Waals surface area (Å²) in [5, 5.41) is 3.50. The topological polar surface area (TPSA) is 28.2 Å². The minimum absolute atomic E-state index is 0.300. The van der Waals surface area contributed by atoms with E-state index in [0.29, 0.717) is 6.04 Å². The molecule has 0 bridgehead atoms. The SMILES string of the molecule is Cc1ccc(C)c(C(c2cccnc2)N2CCCNCC2)c1. The molecule has 1 aromatic carbocycles. The van der Waals surface area contributed by atoms with Crippen molar-refractivity contribution in [3.8, 4) is 0 Å². The normalized spacial score (nSPS) is 17.9. The maximum absolute atomic E-state index is 4.36. The van der Waals surface area contributed by atoms with Crippen LogP contribution in [0.5, 0.6) is 0 Å². The number of nitrogens with zero attached hydrogens (tertiary/aromatic N) is 2. The van der Waals surface area contributed by atoms with Crippen LogP contribution in [0, 0.1) is 13.8 Å². The van der Waals surface area contributed by atoms with Crippen LogP contribution in [-0.2, 0) is 0 Å². The van der Waals surface area contributed by atoms with E-state index in [1.807, 2.05) is 18.5 Å². The Morgan fingerprint density at radius 3 is 2.86 bits per heavy atom. The highest BCUT2D eigenvalue weighted by Gasteiger charge is 2.24. The molecule has 116 valence electrons. The number of benzene rings is 1. The summed E-state index contributed by atoms with van der Waals surface area (Å²) in [5.74, 6) is 0.